The maximum Gasteiger partial charge on any atom is 0.418 e. The van der Waals surface area contributed by atoms with Crippen LogP contribution in [0.1, 0.15) is 44.1 Å². The molecule has 3 rings (SSSR count). The lowest BCUT2D eigenvalue weighted by Crippen LogP contribution is -2.48. The molecular formula is C18H26F3N3O2S. The minimum Gasteiger partial charge on any atom is -0.369 e. The van der Waals surface area contributed by atoms with E-state index >= 15 is 0 Å². The smallest absolute Gasteiger partial charge is 0.369 e. The minimum absolute atomic E-state index is 0.0365. The first-order valence-electron chi connectivity index (χ1n) is 9.39. The normalized spacial score (nSPS) is 23.3. The molecule has 0 amide bonds. The molecular weight excluding hydrogens is 379 g/mol. The molecule has 9 heteroatoms. The zero-order chi connectivity index (χ0) is 19.7. The van der Waals surface area contributed by atoms with Crippen molar-refractivity contribution in [1.82, 2.24) is 4.90 Å². The molecule has 1 aromatic rings. The lowest BCUT2D eigenvalue weighted by molar-refractivity contribution is -0.137. The molecule has 1 atom stereocenters. The summed E-state index contributed by atoms with van der Waals surface area (Å²) >= 11 is 0. The van der Waals surface area contributed by atoms with Gasteiger partial charge in [-0.2, -0.15) is 13.2 Å². The summed E-state index contributed by atoms with van der Waals surface area (Å²) in [7, 11) is -4.19. The number of piperidine rings is 1. The maximum absolute atomic E-state index is 13.6. The van der Waals surface area contributed by atoms with Crippen molar-refractivity contribution in [3.05, 3.63) is 23.8 Å². The molecule has 5 nitrogen and oxygen atoms in total. The minimum atomic E-state index is -4.65. The van der Waals surface area contributed by atoms with Crippen molar-refractivity contribution in [3.8, 4) is 0 Å². The Labute approximate surface area is 158 Å². The van der Waals surface area contributed by atoms with Crippen molar-refractivity contribution in [2.75, 3.05) is 31.1 Å². The Bertz CT molecular complexity index is 760. The van der Waals surface area contributed by atoms with Crippen LogP contribution >= 0.6 is 0 Å². The molecule has 2 saturated heterocycles. The van der Waals surface area contributed by atoms with Crippen LogP contribution in [-0.4, -0.2) is 45.5 Å². The zero-order valence-corrected chi connectivity index (χ0v) is 16.0. The Morgan fingerprint density at radius 2 is 1.67 bits per heavy atom. The van der Waals surface area contributed by atoms with Crippen molar-refractivity contribution >= 4 is 15.7 Å². The van der Waals surface area contributed by atoms with Crippen LogP contribution < -0.4 is 10.0 Å². The van der Waals surface area contributed by atoms with Gasteiger partial charge in [-0.1, -0.05) is 12.8 Å². The Morgan fingerprint density at radius 1 is 1.00 bits per heavy atom. The Balaban J connectivity index is 1.88. The molecule has 0 spiro atoms. The Morgan fingerprint density at radius 3 is 2.26 bits per heavy atom. The van der Waals surface area contributed by atoms with E-state index in [1.807, 2.05) is 0 Å². The monoisotopic (exact) mass is 405 g/mol. The van der Waals surface area contributed by atoms with Gasteiger partial charge in [-0.15, -0.1) is 0 Å². The second-order valence-electron chi connectivity index (χ2n) is 7.41. The van der Waals surface area contributed by atoms with Gasteiger partial charge >= 0.3 is 6.18 Å². The molecule has 0 aromatic heterocycles. The summed E-state index contributed by atoms with van der Waals surface area (Å²) in [5.41, 5.74) is -0.903. The molecule has 27 heavy (non-hydrogen) atoms. The van der Waals surface area contributed by atoms with Crippen LogP contribution in [0, 0.1) is 0 Å². The number of primary sulfonamides is 1. The van der Waals surface area contributed by atoms with E-state index in [0.29, 0.717) is 19.2 Å². The first-order chi connectivity index (χ1) is 12.7. The molecule has 1 unspecified atom stereocenters. The van der Waals surface area contributed by atoms with Crippen LogP contribution in [0.4, 0.5) is 18.9 Å². The summed E-state index contributed by atoms with van der Waals surface area (Å²) < 4.78 is 63.8. The van der Waals surface area contributed by atoms with Crippen LogP contribution in [0.3, 0.4) is 0 Å². The number of nitrogens with zero attached hydrogens (tertiary/aromatic N) is 2. The van der Waals surface area contributed by atoms with Crippen LogP contribution in [0.2, 0.25) is 0 Å². The first kappa shape index (κ1) is 20.4. The molecule has 0 aliphatic carbocycles. The molecule has 0 saturated carbocycles. The number of hydrogen-bond donors (Lipinski definition) is 1. The van der Waals surface area contributed by atoms with E-state index in [2.05, 4.69) is 4.90 Å². The van der Waals surface area contributed by atoms with Crippen molar-refractivity contribution in [1.29, 1.82) is 0 Å². The highest BCUT2D eigenvalue weighted by molar-refractivity contribution is 7.89. The van der Waals surface area contributed by atoms with Crippen molar-refractivity contribution in [2.24, 2.45) is 5.14 Å². The van der Waals surface area contributed by atoms with Crippen LogP contribution in [-0.2, 0) is 16.2 Å². The number of anilines is 1. The fraction of sp³-hybridized carbons (Fsp3) is 0.667. The first-order valence-corrected chi connectivity index (χ1v) is 10.9. The van der Waals surface area contributed by atoms with E-state index in [1.54, 1.807) is 4.90 Å². The molecule has 0 radical (unpaired) electrons. The largest absolute Gasteiger partial charge is 0.418 e. The van der Waals surface area contributed by atoms with E-state index in [4.69, 9.17) is 5.14 Å². The van der Waals surface area contributed by atoms with Gasteiger partial charge in [0.25, 0.3) is 0 Å². The van der Waals surface area contributed by atoms with E-state index < -0.39 is 26.7 Å². The predicted octanol–water partition coefficient (Wildman–Crippen LogP) is 3.20. The summed E-state index contributed by atoms with van der Waals surface area (Å²) in [4.78, 5) is 3.64. The Kier molecular flexibility index (Phi) is 6.02. The molecule has 2 heterocycles. The van der Waals surface area contributed by atoms with E-state index in [9.17, 15) is 21.6 Å². The maximum atomic E-state index is 13.6. The number of rotatable bonds is 3. The molecule has 1 aromatic carbocycles. The van der Waals surface area contributed by atoms with Gasteiger partial charge in [0.15, 0.2) is 0 Å². The van der Waals surface area contributed by atoms with E-state index in [-0.39, 0.29) is 11.7 Å². The Hall–Kier alpha value is -1.32. The zero-order valence-electron chi connectivity index (χ0n) is 15.2. The number of nitrogens with two attached hydrogens (primary N) is 1. The molecule has 2 N–H and O–H groups in total. The van der Waals surface area contributed by atoms with E-state index in [1.165, 1.54) is 18.9 Å². The molecule has 0 bridgehead atoms. The van der Waals surface area contributed by atoms with Crippen LogP contribution in [0.5, 0.6) is 0 Å². The summed E-state index contributed by atoms with van der Waals surface area (Å²) in [6, 6.07) is 3.29. The second-order valence-corrected chi connectivity index (χ2v) is 8.98. The van der Waals surface area contributed by atoms with Crippen LogP contribution in [0.15, 0.2) is 23.1 Å². The SMILES string of the molecule is NS(=O)(=O)c1ccc(N2CCCC(N3CCCCCC3)C2)c(C(F)(F)F)c1. The van der Waals surface area contributed by atoms with Crippen molar-refractivity contribution < 1.29 is 21.6 Å². The van der Waals surface area contributed by atoms with Gasteiger partial charge in [-0.25, -0.2) is 13.6 Å². The van der Waals surface area contributed by atoms with Crippen molar-refractivity contribution in [2.45, 2.75) is 55.6 Å². The van der Waals surface area contributed by atoms with Gasteiger partial charge < -0.3 is 4.90 Å². The van der Waals surface area contributed by atoms with Gasteiger partial charge in [0.05, 0.1) is 10.5 Å². The number of likely N-dealkylation sites (tertiary alicyclic amines) is 1. The molecule has 2 fully saturated rings. The average Bonchev–Trinajstić information content (AvgIpc) is 2.89. The number of benzene rings is 1. The summed E-state index contributed by atoms with van der Waals surface area (Å²) in [6.07, 6.45) is 1.83. The average molecular weight is 405 g/mol. The number of hydrogen-bond acceptors (Lipinski definition) is 4. The summed E-state index contributed by atoms with van der Waals surface area (Å²) in [6.45, 7) is 3.05. The second kappa shape index (κ2) is 7.97. The summed E-state index contributed by atoms with van der Waals surface area (Å²) in [5.74, 6) is 0. The summed E-state index contributed by atoms with van der Waals surface area (Å²) in [5, 5.41) is 5.02. The number of halogens is 3. The van der Waals surface area contributed by atoms with Crippen molar-refractivity contribution in [3.63, 3.8) is 0 Å². The van der Waals surface area contributed by atoms with Crippen LogP contribution in [0.25, 0.3) is 0 Å². The van der Waals surface area contributed by atoms with Gasteiger partial charge in [-0.05, 0) is 57.0 Å². The number of sulfonamides is 1. The molecule has 2 aliphatic rings. The third kappa shape index (κ3) is 4.94. The standard InChI is InChI=1S/C18H26F3N3O2S/c19-18(20,21)16-12-15(27(22,25)26)7-8-17(16)24-11-5-6-14(13-24)23-9-3-1-2-4-10-23/h7-8,12,14H,1-6,9-11,13H2,(H2,22,25,26). The fourth-order valence-corrected chi connectivity index (χ4v) is 4.67. The topological polar surface area (TPSA) is 66.6 Å². The lowest BCUT2D eigenvalue weighted by atomic mass is 10.0. The number of alkyl halides is 3. The van der Waals surface area contributed by atoms with Gasteiger partial charge in [-0.3, -0.25) is 4.90 Å². The van der Waals surface area contributed by atoms with Gasteiger partial charge in [0.2, 0.25) is 10.0 Å². The van der Waals surface area contributed by atoms with E-state index in [0.717, 1.165) is 44.8 Å². The molecule has 152 valence electrons. The highest BCUT2D eigenvalue weighted by atomic mass is 32.2. The van der Waals surface area contributed by atoms with Gasteiger partial charge in [0, 0.05) is 24.8 Å². The third-order valence-corrected chi connectivity index (χ3v) is 6.41. The fourth-order valence-electron chi connectivity index (χ4n) is 4.13. The predicted molar refractivity (Wildman–Crippen MR) is 98.1 cm³/mol. The lowest BCUT2D eigenvalue weighted by Gasteiger charge is -2.41. The van der Waals surface area contributed by atoms with Gasteiger partial charge in [0.1, 0.15) is 0 Å². The quantitative estimate of drug-likeness (QED) is 0.839. The highest BCUT2D eigenvalue weighted by Crippen LogP contribution is 2.39. The molecule has 2 aliphatic heterocycles. The highest BCUT2D eigenvalue weighted by Gasteiger charge is 2.37. The third-order valence-electron chi connectivity index (χ3n) is 5.50.